The summed E-state index contributed by atoms with van der Waals surface area (Å²) in [7, 11) is 0. The van der Waals surface area contributed by atoms with Crippen molar-refractivity contribution in [1.82, 2.24) is 4.90 Å². The van der Waals surface area contributed by atoms with Gasteiger partial charge < -0.3 is 4.90 Å². The number of carbonyl (C=O) groups excluding carboxylic acids is 1. The molecule has 0 spiro atoms. The maximum Gasteiger partial charge on any atom is 0.164 e. The van der Waals surface area contributed by atoms with Gasteiger partial charge >= 0.3 is 0 Å². The molecule has 0 atom stereocenters. The zero-order valence-electron chi connectivity index (χ0n) is 11.9. The number of carbonyl (C=O) groups is 1. The molecule has 1 saturated heterocycles. The summed E-state index contributed by atoms with van der Waals surface area (Å²) in [5.74, 6) is -0.783. The van der Waals surface area contributed by atoms with Crippen molar-refractivity contribution in [3.8, 4) is 0 Å². The fourth-order valence-corrected chi connectivity index (χ4v) is 2.74. The van der Waals surface area contributed by atoms with Gasteiger partial charge in [-0.3, -0.25) is 4.79 Å². The highest BCUT2D eigenvalue weighted by Gasteiger charge is 2.18. The second-order valence-corrected chi connectivity index (χ2v) is 5.52. The van der Waals surface area contributed by atoms with Crippen molar-refractivity contribution in [2.75, 3.05) is 19.6 Å². The van der Waals surface area contributed by atoms with Crippen molar-refractivity contribution in [3.63, 3.8) is 0 Å². The van der Waals surface area contributed by atoms with Crippen LogP contribution in [0.3, 0.4) is 0 Å². The number of rotatable bonds is 5. The number of ketones is 1. The topological polar surface area (TPSA) is 20.3 Å². The van der Waals surface area contributed by atoms with E-state index in [1.807, 2.05) is 0 Å². The summed E-state index contributed by atoms with van der Waals surface area (Å²) in [4.78, 5) is 14.2. The van der Waals surface area contributed by atoms with Crippen LogP contribution >= 0.6 is 0 Å². The summed E-state index contributed by atoms with van der Waals surface area (Å²) in [6.07, 6.45) is 3.90. The van der Waals surface area contributed by atoms with Crippen LogP contribution in [0.4, 0.5) is 8.78 Å². The maximum atomic E-state index is 13.1. The molecule has 0 bridgehead atoms. The van der Waals surface area contributed by atoms with E-state index in [-0.39, 0.29) is 11.3 Å². The number of hydrogen-bond acceptors (Lipinski definition) is 2. The van der Waals surface area contributed by atoms with Crippen LogP contribution in [-0.2, 0) is 0 Å². The molecular weight excluding hydrogens is 260 g/mol. The second-order valence-electron chi connectivity index (χ2n) is 5.52. The average Bonchev–Trinajstić information content (AvgIpc) is 2.44. The molecule has 0 N–H and O–H groups in total. The molecule has 110 valence electrons. The van der Waals surface area contributed by atoms with Crippen molar-refractivity contribution in [1.29, 1.82) is 0 Å². The SMILES string of the molecule is CCC1CCN(CCC(=O)c2cc(F)cc(F)c2)CC1. The summed E-state index contributed by atoms with van der Waals surface area (Å²) < 4.78 is 26.1. The van der Waals surface area contributed by atoms with E-state index in [1.165, 1.54) is 19.3 Å². The molecule has 1 aliphatic rings. The van der Waals surface area contributed by atoms with Gasteiger partial charge in [0.1, 0.15) is 11.6 Å². The lowest BCUT2D eigenvalue weighted by molar-refractivity contribution is 0.0949. The van der Waals surface area contributed by atoms with Crippen LogP contribution in [0.15, 0.2) is 18.2 Å². The summed E-state index contributed by atoms with van der Waals surface area (Å²) in [6, 6.07) is 3.00. The maximum absolute atomic E-state index is 13.1. The molecule has 2 rings (SSSR count). The van der Waals surface area contributed by atoms with Crippen LogP contribution in [0.2, 0.25) is 0 Å². The lowest BCUT2D eigenvalue weighted by atomic mass is 9.94. The molecule has 0 unspecified atom stereocenters. The minimum atomic E-state index is -0.697. The fourth-order valence-electron chi connectivity index (χ4n) is 2.74. The van der Waals surface area contributed by atoms with E-state index in [9.17, 15) is 13.6 Å². The second kappa shape index (κ2) is 6.93. The molecule has 1 fully saturated rings. The Labute approximate surface area is 118 Å². The van der Waals surface area contributed by atoms with Gasteiger partial charge in [0.15, 0.2) is 5.78 Å². The molecule has 20 heavy (non-hydrogen) atoms. The van der Waals surface area contributed by atoms with Gasteiger partial charge in [0.25, 0.3) is 0 Å². The minimum Gasteiger partial charge on any atom is -0.303 e. The van der Waals surface area contributed by atoms with Crippen molar-refractivity contribution in [2.45, 2.75) is 32.6 Å². The molecule has 1 aliphatic heterocycles. The molecule has 0 aliphatic carbocycles. The van der Waals surface area contributed by atoms with E-state index in [4.69, 9.17) is 0 Å². The van der Waals surface area contributed by atoms with Crippen LogP contribution < -0.4 is 0 Å². The Morgan fingerprint density at radius 1 is 1.20 bits per heavy atom. The first-order valence-corrected chi connectivity index (χ1v) is 7.30. The minimum absolute atomic E-state index is 0.131. The standard InChI is InChI=1S/C16H21F2NO/c1-2-12-3-6-19(7-4-12)8-5-16(20)13-9-14(17)11-15(18)10-13/h9-12H,2-8H2,1H3. The van der Waals surface area contributed by atoms with Gasteiger partial charge in [-0.2, -0.15) is 0 Å². The third kappa shape index (κ3) is 4.10. The molecule has 1 aromatic carbocycles. The molecule has 0 radical (unpaired) electrons. The van der Waals surface area contributed by atoms with Crippen LogP contribution in [0.5, 0.6) is 0 Å². The Morgan fingerprint density at radius 2 is 1.80 bits per heavy atom. The van der Waals surface area contributed by atoms with Gasteiger partial charge in [-0.05, 0) is 44.0 Å². The summed E-state index contributed by atoms with van der Waals surface area (Å²) >= 11 is 0. The highest BCUT2D eigenvalue weighted by Crippen LogP contribution is 2.20. The predicted octanol–water partition coefficient (Wildman–Crippen LogP) is 3.66. The van der Waals surface area contributed by atoms with Gasteiger partial charge in [-0.25, -0.2) is 8.78 Å². The first kappa shape index (κ1) is 15.1. The monoisotopic (exact) mass is 281 g/mol. The molecule has 1 heterocycles. The number of piperidine rings is 1. The number of hydrogen-bond donors (Lipinski definition) is 0. The van der Waals surface area contributed by atoms with E-state index in [2.05, 4.69) is 11.8 Å². The molecular formula is C16H21F2NO. The lowest BCUT2D eigenvalue weighted by Gasteiger charge is -2.31. The Hall–Kier alpha value is -1.29. The van der Waals surface area contributed by atoms with Crippen LogP contribution in [-0.4, -0.2) is 30.3 Å². The molecule has 2 nitrogen and oxygen atoms in total. The van der Waals surface area contributed by atoms with E-state index in [1.54, 1.807) is 0 Å². The number of benzene rings is 1. The number of likely N-dealkylation sites (tertiary alicyclic amines) is 1. The zero-order valence-corrected chi connectivity index (χ0v) is 11.9. The number of nitrogens with zero attached hydrogens (tertiary/aromatic N) is 1. The van der Waals surface area contributed by atoms with Gasteiger partial charge in [-0.15, -0.1) is 0 Å². The van der Waals surface area contributed by atoms with E-state index >= 15 is 0 Å². The van der Waals surface area contributed by atoms with Crippen LogP contribution in [0, 0.1) is 17.6 Å². The van der Waals surface area contributed by atoms with Crippen molar-refractivity contribution in [2.24, 2.45) is 5.92 Å². The Morgan fingerprint density at radius 3 is 2.35 bits per heavy atom. The quantitative estimate of drug-likeness (QED) is 0.768. The predicted molar refractivity (Wildman–Crippen MR) is 74.8 cm³/mol. The zero-order chi connectivity index (χ0) is 14.5. The lowest BCUT2D eigenvalue weighted by Crippen LogP contribution is -2.35. The van der Waals surface area contributed by atoms with Crippen molar-refractivity contribution >= 4 is 5.78 Å². The van der Waals surface area contributed by atoms with Gasteiger partial charge in [0, 0.05) is 24.6 Å². The average molecular weight is 281 g/mol. The third-order valence-corrected chi connectivity index (χ3v) is 4.12. The smallest absolute Gasteiger partial charge is 0.164 e. The van der Waals surface area contributed by atoms with E-state index < -0.39 is 11.6 Å². The van der Waals surface area contributed by atoms with Gasteiger partial charge in [0.2, 0.25) is 0 Å². The molecule has 0 aromatic heterocycles. The van der Waals surface area contributed by atoms with E-state index in [0.717, 1.165) is 37.2 Å². The first-order chi connectivity index (χ1) is 9.58. The first-order valence-electron chi connectivity index (χ1n) is 7.30. The number of Topliss-reactive ketones (excluding diaryl/α,β-unsaturated/α-hetero) is 1. The number of halogens is 2. The van der Waals surface area contributed by atoms with Crippen molar-refractivity contribution < 1.29 is 13.6 Å². The van der Waals surface area contributed by atoms with Crippen LogP contribution in [0.25, 0.3) is 0 Å². The van der Waals surface area contributed by atoms with Crippen LogP contribution in [0.1, 0.15) is 43.0 Å². The Kier molecular flexibility index (Phi) is 5.24. The molecule has 4 heteroatoms. The van der Waals surface area contributed by atoms with Gasteiger partial charge in [-0.1, -0.05) is 13.3 Å². The Balaban J connectivity index is 1.83. The largest absolute Gasteiger partial charge is 0.303 e. The van der Waals surface area contributed by atoms with Gasteiger partial charge in [0.05, 0.1) is 0 Å². The highest BCUT2D eigenvalue weighted by molar-refractivity contribution is 5.96. The fraction of sp³-hybridized carbons (Fsp3) is 0.562. The Bertz CT molecular complexity index is 447. The summed E-state index contributed by atoms with van der Waals surface area (Å²) in [6.45, 7) is 4.92. The highest BCUT2D eigenvalue weighted by atomic mass is 19.1. The van der Waals surface area contributed by atoms with E-state index in [0.29, 0.717) is 13.0 Å². The normalized spacial score (nSPS) is 17.4. The summed E-state index contributed by atoms with van der Waals surface area (Å²) in [5, 5.41) is 0. The molecule has 1 aromatic rings. The molecule has 0 saturated carbocycles. The summed E-state index contributed by atoms with van der Waals surface area (Å²) in [5.41, 5.74) is 0.131. The third-order valence-electron chi connectivity index (χ3n) is 4.12. The van der Waals surface area contributed by atoms with Crippen molar-refractivity contribution in [3.05, 3.63) is 35.4 Å². The molecule has 0 amide bonds.